The van der Waals surface area contributed by atoms with Crippen LogP contribution < -0.4 is 10.1 Å². The summed E-state index contributed by atoms with van der Waals surface area (Å²) >= 11 is 0. The Kier molecular flexibility index (Phi) is 9.14. The summed E-state index contributed by atoms with van der Waals surface area (Å²) in [5, 5.41) is 3.40. The van der Waals surface area contributed by atoms with Crippen molar-refractivity contribution in [1.29, 1.82) is 0 Å². The van der Waals surface area contributed by atoms with E-state index in [0.717, 1.165) is 29.0 Å². The summed E-state index contributed by atoms with van der Waals surface area (Å²) in [6, 6.07) is 22.2. The zero-order valence-corrected chi connectivity index (χ0v) is 22.7. The quantitative estimate of drug-likeness (QED) is 0.325. The van der Waals surface area contributed by atoms with Gasteiger partial charge in [0.25, 0.3) is 0 Å². The molecule has 0 radical (unpaired) electrons. The van der Waals surface area contributed by atoms with E-state index < -0.39 is 23.8 Å². The Bertz CT molecular complexity index is 1370. The van der Waals surface area contributed by atoms with Crippen molar-refractivity contribution in [1.82, 2.24) is 10.2 Å². The van der Waals surface area contributed by atoms with Crippen molar-refractivity contribution in [2.45, 2.75) is 45.1 Å². The minimum absolute atomic E-state index is 0.0795. The molecule has 210 valence electrons. The summed E-state index contributed by atoms with van der Waals surface area (Å²) in [4.78, 5) is 19.5. The maximum Gasteiger partial charge on any atom is 0.416 e. The lowest BCUT2D eigenvalue weighted by Gasteiger charge is -2.38. The zero-order chi connectivity index (χ0) is 28.7. The standard InChI is InChI=1S/C31H32F3N3O3/c1-21-28(29(38)40-3)27(17-14-22-8-5-4-6-9-22)36-30(35-19-23-12-15-26(39-2)16-13-23)37(21)20-24-10-7-11-25(18-24)31(32,33)34/h4-13,15-16,18,27H,14,17,19-20H2,1-3H3,(H,35,36). The number of aryl methyl sites for hydroxylation is 1. The number of guanidine groups is 1. The number of nitrogens with zero attached hydrogens (tertiary/aromatic N) is 2. The van der Waals surface area contributed by atoms with Gasteiger partial charge >= 0.3 is 12.1 Å². The van der Waals surface area contributed by atoms with Crippen LogP contribution in [-0.2, 0) is 35.2 Å². The second kappa shape index (κ2) is 12.7. The van der Waals surface area contributed by atoms with Gasteiger partial charge in [0.05, 0.1) is 44.5 Å². The van der Waals surface area contributed by atoms with E-state index >= 15 is 0 Å². The van der Waals surface area contributed by atoms with E-state index in [1.165, 1.54) is 13.2 Å². The van der Waals surface area contributed by atoms with Gasteiger partial charge in [-0.25, -0.2) is 9.79 Å². The monoisotopic (exact) mass is 551 g/mol. The van der Waals surface area contributed by atoms with Crippen molar-refractivity contribution in [3.8, 4) is 5.75 Å². The van der Waals surface area contributed by atoms with Crippen molar-refractivity contribution in [3.05, 3.63) is 112 Å². The van der Waals surface area contributed by atoms with Crippen LogP contribution in [0.2, 0.25) is 0 Å². The van der Waals surface area contributed by atoms with Crippen molar-refractivity contribution in [3.63, 3.8) is 0 Å². The molecule has 1 N–H and O–H groups in total. The fourth-order valence-electron chi connectivity index (χ4n) is 4.68. The first-order chi connectivity index (χ1) is 19.2. The maximum absolute atomic E-state index is 13.4. The number of hydrogen-bond acceptors (Lipinski definition) is 4. The number of nitrogens with one attached hydrogen (secondary N) is 1. The van der Waals surface area contributed by atoms with E-state index in [-0.39, 0.29) is 6.54 Å². The molecule has 40 heavy (non-hydrogen) atoms. The summed E-state index contributed by atoms with van der Waals surface area (Å²) in [6.45, 7) is 2.17. The Morgan fingerprint density at radius 3 is 2.30 bits per heavy atom. The third-order valence-corrected chi connectivity index (χ3v) is 6.84. The van der Waals surface area contributed by atoms with Crippen LogP contribution in [0, 0.1) is 0 Å². The number of allylic oxidation sites excluding steroid dienone is 1. The highest BCUT2D eigenvalue weighted by atomic mass is 19.4. The molecule has 1 aliphatic rings. The number of halogens is 3. The van der Waals surface area contributed by atoms with E-state index in [1.807, 2.05) is 54.6 Å². The lowest BCUT2D eigenvalue weighted by Crippen LogP contribution is -2.52. The molecule has 1 heterocycles. The highest BCUT2D eigenvalue weighted by Gasteiger charge is 2.35. The Morgan fingerprint density at radius 1 is 0.950 bits per heavy atom. The van der Waals surface area contributed by atoms with Crippen LogP contribution in [-0.4, -0.2) is 37.1 Å². The summed E-state index contributed by atoms with van der Waals surface area (Å²) in [5.74, 6) is 0.698. The van der Waals surface area contributed by atoms with Gasteiger partial charge in [0.1, 0.15) is 5.75 Å². The number of alkyl halides is 3. The smallest absolute Gasteiger partial charge is 0.416 e. The Hall–Kier alpha value is -4.27. The average Bonchev–Trinajstić information content (AvgIpc) is 2.96. The number of esters is 1. The van der Waals surface area contributed by atoms with Crippen molar-refractivity contribution >= 4 is 11.9 Å². The summed E-state index contributed by atoms with van der Waals surface area (Å²) in [6.07, 6.45) is -3.18. The number of aliphatic imine (C=N–C) groups is 1. The maximum atomic E-state index is 13.4. The minimum atomic E-state index is -4.47. The molecule has 9 heteroatoms. The van der Waals surface area contributed by atoms with Crippen LogP contribution in [0.4, 0.5) is 13.2 Å². The lowest BCUT2D eigenvalue weighted by molar-refractivity contribution is -0.138. The van der Waals surface area contributed by atoms with Gasteiger partial charge in [-0.3, -0.25) is 0 Å². The van der Waals surface area contributed by atoms with Crippen molar-refractivity contribution in [2.24, 2.45) is 4.99 Å². The van der Waals surface area contributed by atoms with Crippen LogP contribution in [0.25, 0.3) is 0 Å². The number of methoxy groups -OCH3 is 2. The van der Waals surface area contributed by atoms with Crippen LogP contribution in [0.1, 0.15) is 35.6 Å². The highest BCUT2D eigenvalue weighted by Crippen LogP contribution is 2.31. The van der Waals surface area contributed by atoms with E-state index in [1.54, 1.807) is 25.0 Å². The van der Waals surface area contributed by atoms with Gasteiger partial charge in [-0.05, 0) is 60.7 Å². The first-order valence-corrected chi connectivity index (χ1v) is 12.9. The molecule has 0 fully saturated rings. The number of rotatable bonds is 9. The molecule has 0 aromatic heterocycles. The van der Waals surface area contributed by atoms with Crippen molar-refractivity contribution < 1.29 is 27.4 Å². The average molecular weight is 552 g/mol. The molecule has 6 nitrogen and oxygen atoms in total. The normalized spacial score (nSPS) is 16.6. The molecule has 3 aromatic rings. The van der Waals surface area contributed by atoms with Gasteiger partial charge in [-0.2, -0.15) is 13.2 Å². The molecule has 4 rings (SSSR count). The Morgan fingerprint density at radius 2 is 1.65 bits per heavy atom. The Labute approximate surface area is 232 Å². The summed E-state index contributed by atoms with van der Waals surface area (Å²) in [5.41, 5.74) is 2.75. The SMILES string of the molecule is COC(=O)C1=C(C)N(Cc2cccc(C(F)(F)F)c2)C(=NCc2ccc(OC)cc2)NC1CCc1ccccc1. The molecule has 0 bridgehead atoms. The first kappa shape index (κ1) is 28.7. The molecule has 1 aliphatic heterocycles. The number of carbonyl (C=O) groups is 1. The van der Waals surface area contributed by atoms with Crippen LogP contribution in [0.3, 0.4) is 0 Å². The van der Waals surface area contributed by atoms with Gasteiger partial charge in [-0.15, -0.1) is 0 Å². The van der Waals surface area contributed by atoms with E-state index in [0.29, 0.717) is 42.2 Å². The van der Waals surface area contributed by atoms with Gasteiger partial charge in [-0.1, -0.05) is 54.6 Å². The molecule has 1 unspecified atom stereocenters. The molecule has 0 aliphatic carbocycles. The van der Waals surface area contributed by atoms with Gasteiger partial charge < -0.3 is 19.7 Å². The predicted molar refractivity (Wildman–Crippen MR) is 148 cm³/mol. The number of ether oxygens (including phenoxy) is 2. The molecule has 0 saturated heterocycles. The zero-order valence-electron chi connectivity index (χ0n) is 22.7. The Balaban J connectivity index is 1.71. The molecule has 0 saturated carbocycles. The van der Waals surface area contributed by atoms with Gasteiger partial charge in [0.15, 0.2) is 5.96 Å². The summed E-state index contributed by atoms with van der Waals surface area (Å²) in [7, 11) is 2.91. The predicted octanol–water partition coefficient (Wildman–Crippen LogP) is 6.12. The minimum Gasteiger partial charge on any atom is -0.497 e. The molecular weight excluding hydrogens is 519 g/mol. The first-order valence-electron chi connectivity index (χ1n) is 12.9. The number of benzene rings is 3. The number of carbonyl (C=O) groups excluding carboxylic acids is 1. The fraction of sp³-hybridized carbons (Fsp3) is 0.290. The molecule has 1 atom stereocenters. The molecule has 0 spiro atoms. The second-order valence-electron chi connectivity index (χ2n) is 9.48. The second-order valence-corrected chi connectivity index (χ2v) is 9.48. The van der Waals surface area contributed by atoms with Crippen LogP contribution in [0.5, 0.6) is 5.75 Å². The van der Waals surface area contributed by atoms with Crippen molar-refractivity contribution in [2.75, 3.05) is 14.2 Å². The fourth-order valence-corrected chi connectivity index (χ4v) is 4.68. The van der Waals surface area contributed by atoms with E-state index in [2.05, 4.69) is 5.32 Å². The third-order valence-electron chi connectivity index (χ3n) is 6.84. The largest absolute Gasteiger partial charge is 0.497 e. The van der Waals surface area contributed by atoms with Gasteiger partial charge in [0, 0.05) is 5.70 Å². The van der Waals surface area contributed by atoms with E-state index in [9.17, 15) is 18.0 Å². The number of hydrogen-bond donors (Lipinski definition) is 1. The molecule has 3 aromatic carbocycles. The van der Waals surface area contributed by atoms with E-state index in [4.69, 9.17) is 14.5 Å². The molecular formula is C31H32F3N3O3. The van der Waals surface area contributed by atoms with Gasteiger partial charge in [0.2, 0.25) is 0 Å². The van der Waals surface area contributed by atoms with Crippen LogP contribution >= 0.6 is 0 Å². The highest BCUT2D eigenvalue weighted by molar-refractivity contribution is 5.95. The topological polar surface area (TPSA) is 63.2 Å². The third kappa shape index (κ3) is 7.02. The lowest BCUT2D eigenvalue weighted by atomic mass is 9.95. The molecule has 0 amide bonds. The van der Waals surface area contributed by atoms with Crippen LogP contribution in [0.15, 0.2) is 95.1 Å². The summed E-state index contributed by atoms with van der Waals surface area (Å²) < 4.78 is 50.6.